The van der Waals surface area contributed by atoms with Crippen molar-refractivity contribution in [3.05, 3.63) is 53.6 Å². The normalized spacial score (nSPS) is 21.6. The second kappa shape index (κ2) is 9.62. The number of hydrazone groups is 1. The number of carbonyl (C=O) groups excluding carboxylic acids is 2. The molecule has 1 saturated heterocycles. The van der Waals surface area contributed by atoms with Crippen LogP contribution in [0.2, 0.25) is 0 Å². The first-order valence-corrected chi connectivity index (χ1v) is 11.3. The smallest absolute Gasteiger partial charge is 0.254 e. The number of benzene rings is 1. The summed E-state index contributed by atoms with van der Waals surface area (Å²) in [5, 5.41) is 11.1. The van der Waals surface area contributed by atoms with E-state index in [1.165, 1.54) is 0 Å². The largest absolute Gasteiger partial charge is 0.379 e. The van der Waals surface area contributed by atoms with Crippen LogP contribution < -0.4 is 16.1 Å². The predicted molar refractivity (Wildman–Crippen MR) is 130 cm³/mol. The van der Waals surface area contributed by atoms with E-state index >= 15 is 0 Å². The van der Waals surface area contributed by atoms with E-state index in [4.69, 9.17) is 4.74 Å². The molecule has 34 heavy (non-hydrogen) atoms. The van der Waals surface area contributed by atoms with E-state index in [1.54, 1.807) is 18.6 Å². The summed E-state index contributed by atoms with van der Waals surface area (Å²) in [6.07, 6.45) is 8.87. The Hall–Kier alpha value is -3.76. The number of aromatic nitrogens is 1. The number of fused-ring (bicyclic) bond motifs is 1. The maximum atomic E-state index is 12.7. The van der Waals surface area contributed by atoms with Gasteiger partial charge in [0.2, 0.25) is 0 Å². The van der Waals surface area contributed by atoms with E-state index in [9.17, 15) is 9.59 Å². The van der Waals surface area contributed by atoms with Gasteiger partial charge in [0.15, 0.2) is 0 Å². The van der Waals surface area contributed by atoms with Gasteiger partial charge in [0.25, 0.3) is 11.8 Å². The van der Waals surface area contributed by atoms with E-state index in [0.717, 1.165) is 55.0 Å². The fourth-order valence-corrected chi connectivity index (χ4v) is 4.34. The second-order valence-corrected chi connectivity index (χ2v) is 8.40. The molecule has 0 spiro atoms. The highest BCUT2D eigenvalue weighted by molar-refractivity contribution is 6.25. The minimum atomic E-state index is -0.536. The topological polar surface area (TPSA) is 112 Å². The van der Waals surface area contributed by atoms with E-state index in [0.29, 0.717) is 17.8 Å². The van der Waals surface area contributed by atoms with E-state index in [1.807, 2.05) is 42.1 Å². The van der Waals surface area contributed by atoms with E-state index in [-0.39, 0.29) is 11.8 Å². The van der Waals surface area contributed by atoms with Crippen molar-refractivity contribution in [3.63, 3.8) is 0 Å². The molecule has 2 amide bonds. The molecule has 0 saturated carbocycles. The van der Waals surface area contributed by atoms with Crippen LogP contribution in [0.15, 0.2) is 52.6 Å². The van der Waals surface area contributed by atoms with Crippen LogP contribution in [0.4, 0.5) is 0 Å². The summed E-state index contributed by atoms with van der Waals surface area (Å²) in [4.78, 5) is 31.5. The van der Waals surface area contributed by atoms with Gasteiger partial charge in [-0.25, -0.2) is 5.43 Å². The summed E-state index contributed by atoms with van der Waals surface area (Å²) in [7, 11) is 1.95. The van der Waals surface area contributed by atoms with Gasteiger partial charge in [-0.1, -0.05) is 6.07 Å². The zero-order chi connectivity index (χ0) is 23.5. The van der Waals surface area contributed by atoms with Crippen molar-refractivity contribution >= 4 is 40.7 Å². The molecule has 1 fully saturated rings. The van der Waals surface area contributed by atoms with Gasteiger partial charge in [-0.3, -0.25) is 19.5 Å². The Morgan fingerprint density at radius 3 is 2.97 bits per heavy atom. The van der Waals surface area contributed by atoms with Crippen LogP contribution >= 0.6 is 0 Å². The molecular formula is C24H27N7O3. The van der Waals surface area contributed by atoms with Gasteiger partial charge in [0, 0.05) is 80.1 Å². The fourth-order valence-electron chi connectivity index (χ4n) is 4.34. The molecular weight excluding hydrogens is 434 g/mol. The molecule has 0 radical (unpaired) electrons. The monoisotopic (exact) mass is 461 g/mol. The SMILES string of the molecule is Cn1cc(C=C2NC=CN=C2C2C=NNC2=O)c2ccc(C(=O)NCCN3CCOCC3)cc21. The van der Waals surface area contributed by atoms with Crippen molar-refractivity contribution in [3.8, 4) is 0 Å². The van der Waals surface area contributed by atoms with Crippen LogP contribution in [0, 0.1) is 5.92 Å². The minimum absolute atomic E-state index is 0.0868. The first-order chi connectivity index (χ1) is 16.6. The van der Waals surface area contributed by atoms with Crippen LogP contribution in [0.5, 0.6) is 0 Å². The summed E-state index contributed by atoms with van der Waals surface area (Å²) >= 11 is 0. The highest BCUT2D eigenvalue weighted by Gasteiger charge is 2.29. The molecule has 4 heterocycles. The first-order valence-electron chi connectivity index (χ1n) is 11.3. The molecule has 0 bridgehead atoms. The Morgan fingerprint density at radius 2 is 2.18 bits per heavy atom. The lowest BCUT2D eigenvalue weighted by atomic mass is 9.99. The van der Waals surface area contributed by atoms with E-state index < -0.39 is 5.92 Å². The Balaban J connectivity index is 1.33. The van der Waals surface area contributed by atoms with Crippen LogP contribution in [-0.4, -0.2) is 72.6 Å². The Kier molecular flexibility index (Phi) is 6.24. The zero-order valence-corrected chi connectivity index (χ0v) is 19.0. The van der Waals surface area contributed by atoms with Crippen molar-refractivity contribution < 1.29 is 14.3 Å². The molecule has 10 nitrogen and oxygen atoms in total. The lowest BCUT2D eigenvalue weighted by Crippen LogP contribution is -2.41. The Bertz CT molecular complexity index is 1230. The number of nitrogens with zero attached hydrogens (tertiary/aromatic N) is 4. The number of carbonyl (C=O) groups is 2. The quantitative estimate of drug-likeness (QED) is 0.590. The molecule has 5 rings (SSSR count). The van der Waals surface area contributed by atoms with Crippen molar-refractivity contribution in [2.75, 3.05) is 39.4 Å². The molecule has 1 unspecified atom stereocenters. The molecule has 3 N–H and O–H groups in total. The molecule has 176 valence electrons. The Labute approximate surface area is 197 Å². The lowest BCUT2D eigenvalue weighted by molar-refractivity contribution is -0.120. The van der Waals surface area contributed by atoms with Crippen LogP contribution in [-0.2, 0) is 16.6 Å². The third-order valence-electron chi connectivity index (χ3n) is 6.18. The number of nitrogens with one attached hydrogen (secondary N) is 3. The van der Waals surface area contributed by atoms with Crippen molar-refractivity contribution in [1.29, 1.82) is 0 Å². The number of aryl methyl sites for hydroxylation is 1. The average molecular weight is 462 g/mol. The minimum Gasteiger partial charge on any atom is -0.379 e. The first kappa shape index (κ1) is 22.1. The molecule has 0 aliphatic carbocycles. The van der Waals surface area contributed by atoms with Gasteiger partial charge < -0.3 is 19.9 Å². The predicted octanol–water partition coefficient (Wildman–Crippen LogP) is 0.828. The number of aliphatic imine (C=N–C) groups is 1. The summed E-state index contributed by atoms with van der Waals surface area (Å²) in [5.41, 5.74) is 6.31. The number of rotatable bonds is 6. The summed E-state index contributed by atoms with van der Waals surface area (Å²) in [5.74, 6) is -0.827. The van der Waals surface area contributed by atoms with Gasteiger partial charge in [0.1, 0.15) is 5.92 Å². The molecule has 1 aromatic heterocycles. The molecule has 3 aliphatic heterocycles. The highest BCUT2D eigenvalue weighted by atomic mass is 16.5. The molecule has 1 atom stereocenters. The third kappa shape index (κ3) is 4.50. The van der Waals surface area contributed by atoms with E-state index in [2.05, 4.69) is 31.1 Å². The molecule has 3 aliphatic rings. The van der Waals surface area contributed by atoms with Crippen LogP contribution in [0.3, 0.4) is 0 Å². The summed E-state index contributed by atoms with van der Waals surface area (Å²) in [6.45, 7) is 4.71. The standard InChI is InChI=1S/C24H27N7O3/c1-30-15-17(12-20-22(26-5-4-25-20)19-14-28-29-24(19)33)18-3-2-16(13-21(18)30)23(32)27-6-7-31-8-10-34-11-9-31/h2-5,12-15,19,25H,6-11H2,1H3,(H,27,32)(H,29,33). The number of morpholine rings is 1. The summed E-state index contributed by atoms with van der Waals surface area (Å²) in [6, 6.07) is 5.70. The van der Waals surface area contributed by atoms with Gasteiger partial charge in [0.05, 0.1) is 24.6 Å². The number of ether oxygens (including phenoxy) is 1. The van der Waals surface area contributed by atoms with Gasteiger partial charge in [-0.05, 0) is 18.2 Å². The molecule has 2 aromatic rings. The zero-order valence-electron chi connectivity index (χ0n) is 19.0. The lowest BCUT2D eigenvalue weighted by Gasteiger charge is -2.26. The second-order valence-electron chi connectivity index (χ2n) is 8.40. The van der Waals surface area contributed by atoms with Crippen LogP contribution in [0.1, 0.15) is 15.9 Å². The average Bonchev–Trinajstić information content (AvgIpc) is 3.42. The maximum Gasteiger partial charge on any atom is 0.254 e. The molecule has 1 aromatic carbocycles. The number of allylic oxidation sites excluding steroid dienone is 1. The van der Waals surface area contributed by atoms with Gasteiger partial charge >= 0.3 is 0 Å². The number of hydrogen-bond acceptors (Lipinski definition) is 7. The fraction of sp³-hybridized carbons (Fsp3) is 0.333. The number of amides is 2. The van der Waals surface area contributed by atoms with Gasteiger partial charge in [-0.2, -0.15) is 5.10 Å². The Morgan fingerprint density at radius 1 is 1.32 bits per heavy atom. The number of hydrogen-bond donors (Lipinski definition) is 3. The van der Waals surface area contributed by atoms with Crippen molar-refractivity contribution in [2.24, 2.45) is 23.1 Å². The summed E-state index contributed by atoms with van der Waals surface area (Å²) < 4.78 is 7.35. The maximum absolute atomic E-state index is 12.7. The van der Waals surface area contributed by atoms with Crippen LogP contribution in [0.25, 0.3) is 17.0 Å². The van der Waals surface area contributed by atoms with Gasteiger partial charge in [-0.15, -0.1) is 0 Å². The third-order valence-corrected chi connectivity index (χ3v) is 6.18. The molecule has 10 heteroatoms. The van der Waals surface area contributed by atoms with Crippen molar-refractivity contribution in [2.45, 2.75) is 0 Å². The van der Waals surface area contributed by atoms with Crippen molar-refractivity contribution in [1.82, 2.24) is 25.5 Å². The highest BCUT2D eigenvalue weighted by Crippen LogP contribution is 2.25.